The summed E-state index contributed by atoms with van der Waals surface area (Å²) in [6, 6.07) is 6.77. The molecule has 3 rings (SSSR count). The maximum atomic E-state index is 5.85. The minimum atomic E-state index is 0.205. The summed E-state index contributed by atoms with van der Waals surface area (Å²) < 4.78 is 9.57. The van der Waals surface area contributed by atoms with Gasteiger partial charge < -0.3 is 4.74 Å². The van der Waals surface area contributed by atoms with Crippen LogP contribution >= 0.6 is 23.3 Å². The van der Waals surface area contributed by atoms with Crippen molar-refractivity contribution in [3.63, 3.8) is 0 Å². The van der Waals surface area contributed by atoms with Crippen molar-refractivity contribution in [3.8, 4) is 16.2 Å². The highest BCUT2D eigenvalue weighted by Gasteiger charge is 2.21. The second kappa shape index (κ2) is 5.63. The molecule has 0 aliphatic carbocycles. The summed E-state index contributed by atoms with van der Waals surface area (Å²) in [5, 5.41) is 0. The first-order valence-electron chi connectivity index (χ1n) is 7.07. The third-order valence-corrected chi connectivity index (χ3v) is 5.28. The summed E-state index contributed by atoms with van der Waals surface area (Å²) >= 11 is 3.45. The highest BCUT2D eigenvalue weighted by Crippen LogP contribution is 2.41. The lowest BCUT2D eigenvalue weighted by molar-refractivity contribution is 0.298. The van der Waals surface area contributed by atoms with E-state index in [1.54, 1.807) is 23.3 Å². The molecule has 0 bridgehead atoms. The molecule has 3 nitrogen and oxygen atoms in total. The Morgan fingerprint density at radius 3 is 2.95 bits per heavy atom. The van der Waals surface area contributed by atoms with E-state index < -0.39 is 0 Å². The van der Waals surface area contributed by atoms with E-state index in [-0.39, 0.29) is 10.8 Å². The fourth-order valence-electron chi connectivity index (χ4n) is 2.19. The fraction of sp³-hybridized carbons (Fsp3) is 0.438. The molecule has 0 fully saturated rings. The fourth-order valence-corrected chi connectivity index (χ4v) is 3.68. The number of fused-ring (bicyclic) bond motifs is 3. The van der Waals surface area contributed by atoms with Gasteiger partial charge in [-0.15, -0.1) is 11.3 Å². The van der Waals surface area contributed by atoms with Crippen molar-refractivity contribution in [1.82, 2.24) is 9.71 Å². The highest BCUT2D eigenvalue weighted by molar-refractivity contribution is 7.98. The molecule has 1 aromatic carbocycles. The molecule has 2 heterocycles. The third kappa shape index (κ3) is 3.25. The molecule has 5 heteroatoms. The van der Waals surface area contributed by atoms with Crippen LogP contribution in [0.1, 0.15) is 45.0 Å². The van der Waals surface area contributed by atoms with Crippen molar-refractivity contribution in [2.75, 3.05) is 0 Å². The zero-order chi connectivity index (χ0) is 15.0. The van der Waals surface area contributed by atoms with Crippen LogP contribution in [0, 0.1) is 0 Å². The van der Waals surface area contributed by atoms with Crippen molar-refractivity contribution in [2.24, 2.45) is 0 Å². The minimum Gasteiger partial charge on any atom is -0.487 e. The van der Waals surface area contributed by atoms with Gasteiger partial charge in [-0.3, -0.25) is 4.72 Å². The van der Waals surface area contributed by atoms with Crippen LogP contribution in [0.5, 0.6) is 5.75 Å². The van der Waals surface area contributed by atoms with E-state index in [1.807, 2.05) is 5.51 Å². The van der Waals surface area contributed by atoms with Gasteiger partial charge in [0, 0.05) is 16.4 Å². The van der Waals surface area contributed by atoms with Gasteiger partial charge in [-0.05, 0) is 45.4 Å². The molecule has 1 aliphatic rings. The second-order valence-corrected chi connectivity index (χ2v) is 8.75. The first-order valence-corrected chi connectivity index (χ1v) is 8.77. The number of benzene rings is 1. The van der Waals surface area contributed by atoms with Crippen molar-refractivity contribution < 1.29 is 4.74 Å². The molecule has 0 amide bonds. The average Bonchev–Trinajstić information content (AvgIpc) is 2.92. The molecule has 0 radical (unpaired) electrons. The molecule has 1 unspecified atom stereocenters. The van der Waals surface area contributed by atoms with E-state index in [0.717, 1.165) is 17.0 Å². The zero-order valence-electron chi connectivity index (χ0n) is 12.8. The normalized spacial score (nSPS) is 15.0. The number of nitrogens with zero attached hydrogens (tertiary/aromatic N) is 1. The average molecular weight is 320 g/mol. The topological polar surface area (TPSA) is 34.1 Å². The van der Waals surface area contributed by atoms with Gasteiger partial charge in [-0.1, -0.05) is 18.0 Å². The number of thiazole rings is 1. The maximum absolute atomic E-state index is 5.85. The lowest BCUT2D eigenvalue weighted by Gasteiger charge is -2.23. The summed E-state index contributed by atoms with van der Waals surface area (Å²) in [5.74, 6) is 0.971. The van der Waals surface area contributed by atoms with Crippen LogP contribution in [0.15, 0.2) is 23.7 Å². The summed E-state index contributed by atoms with van der Waals surface area (Å²) in [6.07, 6.45) is 0. The monoisotopic (exact) mass is 320 g/mol. The molecule has 0 saturated heterocycles. The van der Waals surface area contributed by atoms with Crippen LogP contribution in [-0.2, 0) is 6.61 Å². The van der Waals surface area contributed by atoms with Gasteiger partial charge in [0.15, 0.2) is 0 Å². The second-order valence-electron chi connectivity index (χ2n) is 6.23. The number of rotatable bonds is 3. The molecule has 112 valence electrons. The van der Waals surface area contributed by atoms with Gasteiger partial charge in [0.1, 0.15) is 12.4 Å². The molecule has 2 aromatic rings. The molecule has 0 saturated carbocycles. The van der Waals surface area contributed by atoms with E-state index in [4.69, 9.17) is 4.74 Å². The van der Waals surface area contributed by atoms with Crippen LogP contribution in [-0.4, -0.2) is 9.73 Å². The van der Waals surface area contributed by atoms with Crippen LogP contribution in [0.25, 0.3) is 10.4 Å². The van der Waals surface area contributed by atoms with E-state index in [0.29, 0.717) is 6.61 Å². The highest BCUT2D eigenvalue weighted by atomic mass is 32.2. The number of ether oxygens (including phenoxy) is 1. The molecule has 1 aliphatic heterocycles. The largest absolute Gasteiger partial charge is 0.487 e. The Bertz CT molecular complexity index is 646. The van der Waals surface area contributed by atoms with E-state index in [1.165, 1.54) is 10.4 Å². The Labute approximate surface area is 134 Å². The maximum Gasteiger partial charge on any atom is 0.132 e. The summed E-state index contributed by atoms with van der Waals surface area (Å²) in [7, 11) is 0. The predicted octanol–water partition coefficient (Wildman–Crippen LogP) is 4.80. The summed E-state index contributed by atoms with van der Waals surface area (Å²) in [4.78, 5) is 5.59. The third-order valence-electron chi connectivity index (χ3n) is 3.30. The lowest BCUT2D eigenvalue weighted by atomic mass is 10.0. The van der Waals surface area contributed by atoms with Crippen LogP contribution in [0.4, 0.5) is 0 Å². The molecule has 21 heavy (non-hydrogen) atoms. The molecule has 1 N–H and O–H groups in total. The molecule has 1 aromatic heterocycles. The molecule has 1 atom stereocenters. The molecular weight excluding hydrogens is 300 g/mol. The van der Waals surface area contributed by atoms with Gasteiger partial charge in [-0.2, -0.15) is 0 Å². The standard InChI is InChI=1S/C16H20N2OS2/c1-10(18-21-16(2,3)4)11-5-6-12-14(7-11)19-8-13-15(12)20-9-17-13/h5-7,9-10,18H,8H2,1-4H3. The summed E-state index contributed by atoms with van der Waals surface area (Å²) in [6.45, 7) is 9.38. The van der Waals surface area contributed by atoms with Crippen LogP contribution in [0.3, 0.4) is 0 Å². The Morgan fingerprint density at radius 2 is 2.19 bits per heavy atom. The Kier molecular flexibility index (Phi) is 3.99. The van der Waals surface area contributed by atoms with Gasteiger partial charge in [-0.25, -0.2) is 4.98 Å². The zero-order valence-corrected chi connectivity index (χ0v) is 14.4. The van der Waals surface area contributed by atoms with Crippen molar-refractivity contribution in [3.05, 3.63) is 35.0 Å². The quantitative estimate of drug-likeness (QED) is 0.824. The van der Waals surface area contributed by atoms with E-state index in [9.17, 15) is 0 Å². The number of hydrogen-bond acceptors (Lipinski definition) is 5. The van der Waals surface area contributed by atoms with E-state index in [2.05, 4.69) is 55.6 Å². The van der Waals surface area contributed by atoms with Crippen LogP contribution < -0.4 is 9.46 Å². The van der Waals surface area contributed by atoms with Gasteiger partial charge in [0.05, 0.1) is 16.1 Å². The molecule has 0 spiro atoms. The van der Waals surface area contributed by atoms with Gasteiger partial charge >= 0.3 is 0 Å². The van der Waals surface area contributed by atoms with Gasteiger partial charge in [0.25, 0.3) is 0 Å². The lowest BCUT2D eigenvalue weighted by Crippen LogP contribution is -2.20. The van der Waals surface area contributed by atoms with Crippen molar-refractivity contribution in [2.45, 2.75) is 45.1 Å². The Hall–Kier alpha value is -1.04. The first-order chi connectivity index (χ1) is 9.94. The summed E-state index contributed by atoms with van der Waals surface area (Å²) in [5.41, 5.74) is 5.35. The molecular formula is C16H20N2OS2. The van der Waals surface area contributed by atoms with Crippen molar-refractivity contribution in [1.29, 1.82) is 0 Å². The smallest absolute Gasteiger partial charge is 0.132 e. The van der Waals surface area contributed by atoms with Gasteiger partial charge in [0.2, 0.25) is 0 Å². The Balaban J connectivity index is 1.81. The number of aromatic nitrogens is 1. The predicted molar refractivity (Wildman–Crippen MR) is 90.8 cm³/mol. The first kappa shape index (κ1) is 14.9. The Morgan fingerprint density at radius 1 is 1.38 bits per heavy atom. The van der Waals surface area contributed by atoms with Crippen LogP contribution in [0.2, 0.25) is 0 Å². The SMILES string of the molecule is CC(NSC(C)(C)C)c1ccc2c(c1)OCc1ncsc1-2. The number of hydrogen-bond donors (Lipinski definition) is 1. The van der Waals surface area contributed by atoms with Crippen molar-refractivity contribution >= 4 is 23.3 Å². The number of nitrogens with one attached hydrogen (secondary N) is 1. The van der Waals surface area contributed by atoms with E-state index >= 15 is 0 Å². The minimum absolute atomic E-state index is 0.205.